The van der Waals surface area contributed by atoms with Crippen molar-refractivity contribution in [1.82, 2.24) is 5.32 Å². The Morgan fingerprint density at radius 2 is 1.86 bits per heavy atom. The molecule has 3 aromatic rings. The normalized spacial score (nSPS) is 11.2. The number of phenolic OH excluding ortho intramolecular Hbond substituents is 1. The Kier molecular flexibility index (Phi) is 5.58. The summed E-state index contributed by atoms with van der Waals surface area (Å²) in [5, 5.41) is 12.1. The standard InChI is InChI=1S/C20H16F3NO4/c21-20(22,23)28-17-7-2-1-6-15(17)16-8-9-18(27-16)19(26)24-11-10-13-4-3-5-14(25)12-13/h1-9,12,25H,10-11H2,(H,24,26). The molecule has 0 saturated heterocycles. The Bertz CT molecular complexity index is 966. The number of hydrogen-bond donors (Lipinski definition) is 2. The molecule has 0 bridgehead atoms. The van der Waals surface area contributed by atoms with Crippen LogP contribution in [0.1, 0.15) is 16.1 Å². The second kappa shape index (κ2) is 8.08. The quantitative estimate of drug-likeness (QED) is 0.648. The van der Waals surface area contributed by atoms with Crippen molar-refractivity contribution >= 4 is 5.91 Å². The minimum absolute atomic E-state index is 0.0345. The van der Waals surface area contributed by atoms with Crippen molar-refractivity contribution in [2.75, 3.05) is 6.54 Å². The number of furan rings is 1. The lowest BCUT2D eigenvalue weighted by molar-refractivity contribution is -0.274. The summed E-state index contributed by atoms with van der Waals surface area (Å²) < 4.78 is 47.0. The molecule has 1 amide bonds. The van der Waals surface area contributed by atoms with E-state index >= 15 is 0 Å². The van der Waals surface area contributed by atoms with Gasteiger partial charge in [0.15, 0.2) is 5.76 Å². The first kappa shape index (κ1) is 19.3. The topological polar surface area (TPSA) is 71.7 Å². The number of nitrogens with one attached hydrogen (secondary N) is 1. The van der Waals surface area contributed by atoms with Crippen LogP contribution in [0.4, 0.5) is 13.2 Å². The van der Waals surface area contributed by atoms with Crippen molar-refractivity contribution in [2.24, 2.45) is 0 Å². The van der Waals surface area contributed by atoms with Crippen LogP contribution in [-0.4, -0.2) is 23.9 Å². The van der Waals surface area contributed by atoms with E-state index in [1.807, 2.05) is 6.07 Å². The monoisotopic (exact) mass is 391 g/mol. The molecule has 2 N–H and O–H groups in total. The smallest absolute Gasteiger partial charge is 0.508 e. The Hall–Kier alpha value is -3.42. The zero-order valence-corrected chi connectivity index (χ0v) is 14.5. The largest absolute Gasteiger partial charge is 0.573 e. The molecule has 3 rings (SSSR count). The van der Waals surface area contributed by atoms with Crippen LogP contribution in [0.5, 0.6) is 11.5 Å². The van der Waals surface area contributed by atoms with Crippen LogP contribution < -0.4 is 10.1 Å². The molecule has 0 aliphatic carbocycles. The summed E-state index contributed by atoms with van der Waals surface area (Å²) in [7, 11) is 0. The maximum absolute atomic E-state index is 12.5. The van der Waals surface area contributed by atoms with Gasteiger partial charge in [-0.15, -0.1) is 13.2 Å². The van der Waals surface area contributed by atoms with Gasteiger partial charge in [-0.05, 0) is 48.4 Å². The van der Waals surface area contributed by atoms with Crippen molar-refractivity contribution in [2.45, 2.75) is 12.8 Å². The molecule has 0 aliphatic heterocycles. The van der Waals surface area contributed by atoms with Crippen molar-refractivity contribution in [1.29, 1.82) is 0 Å². The van der Waals surface area contributed by atoms with Gasteiger partial charge in [0.05, 0.1) is 5.56 Å². The number of para-hydroxylation sites is 1. The van der Waals surface area contributed by atoms with Crippen molar-refractivity contribution in [3.05, 3.63) is 72.0 Å². The van der Waals surface area contributed by atoms with E-state index in [1.165, 1.54) is 36.4 Å². The zero-order valence-electron chi connectivity index (χ0n) is 14.5. The summed E-state index contributed by atoms with van der Waals surface area (Å²) in [4.78, 5) is 12.2. The molecule has 0 radical (unpaired) electrons. The van der Waals surface area contributed by atoms with Crippen LogP contribution >= 0.6 is 0 Å². The number of aromatic hydroxyl groups is 1. The van der Waals surface area contributed by atoms with Crippen molar-refractivity contribution in [3.63, 3.8) is 0 Å². The van der Waals surface area contributed by atoms with E-state index < -0.39 is 18.0 Å². The summed E-state index contributed by atoms with van der Waals surface area (Å²) >= 11 is 0. The molecule has 28 heavy (non-hydrogen) atoms. The van der Waals surface area contributed by atoms with E-state index in [4.69, 9.17) is 4.42 Å². The molecule has 0 spiro atoms. The first-order valence-electron chi connectivity index (χ1n) is 8.33. The van der Waals surface area contributed by atoms with Crippen LogP contribution in [0.15, 0.2) is 65.1 Å². The SMILES string of the molecule is O=C(NCCc1cccc(O)c1)c1ccc(-c2ccccc2OC(F)(F)F)o1. The van der Waals surface area contributed by atoms with Gasteiger partial charge < -0.3 is 19.6 Å². The van der Waals surface area contributed by atoms with Gasteiger partial charge in [0.25, 0.3) is 5.91 Å². The number of hydrogen-bond acceptors (Lipinski definition) is 4. The van der Waals surface area contributed by atoms with E-state index in [0.29, 0.717) is 13.0 Å². The third-order valence-electron chi connectivity index (χ3n) is 3.82. The minimum Gasteiger partial charge on any atom is -0.508 e. The van der Waals surface area contributed by atoms with Gasteiger partial charge in [-0.25, -0.2) is 0 Å². The molecule has 0 aliphatic rings. The lowest BCUT2D eigenvalue weighted by Gasteiger charge is -2.11. The van der Waals surface area contributed by atoms with Crippen LogP contribution in [0, 0.1) is 0 Å². The van der Waals surface area contributed by atoms with Crippen LogP contribution in [0.25, 0.3) is 11.3 Å². The zero-order chi connectivity index (χ0) is 20.1. The Morgan fingerprint density at radius 1 is 1.07 bits per heavy atom. The lowest BCUT2D eigenvalue weighted by Crippen LogP contribution is -2.25. The van der Waals surface area contributed by atoms with Gasteiger partial charge in [0.1, 0.15) is 17.3 Å². The number of ether oxygens (including phenoxy) is 1. The second-order valence-electron chi connectivity index (χ2n) is 5.88. The maximum atomic E-state index is 12.5. The molecule has 2 aromatic carbocycles. The predicted octanol–water partition coefficient (Wildman–Crippen LogP) is 4.52. The molecule has 8 heteroatoms. The maximum Gasteiger partial charge on any atom is 0.573 e. The summed E-state index contributed by atoms with van der Waals surface area (Å²) in [5.41, 5.74) is 0.928. The fourth-order valence-corrected chi connectivity index (χ4v) is 2.61. The number of rotatable bonds is 6. The average Bonchev–Trinajstić information content (AvgIpc) is 3.11. The summed E-state index contributed by atoms with van der Waals surface area (Å²) in [5.74, 6) is -0.731. The fraction of sp³-hybridized carbons (Fsp3) is 0.150. The minimum atomic E-state index is -4.84. The predicted molar refractivity (Wildman–Crippen MR) is 95.0 cm³/mol. The number of alkyl halides is 3. The van der Waals surface area contributed by atoms with Gasteiger partial charge in [0, 0.05) is 6.54 Å². The molecule has 0 saturated carbocycles. The van der Waals surface area contributed by atoms with Gasteiger partial charge in [-0.1, -0.05) is 24.3 Å². The van der Waals surface area contributed by atoms with Gasteiger partial charge >= 0.3 is 6.36 Å². The summed E-state index contributed by atoms with van der Waals surface area (Å²) in [6, 6.07) is 15.0. The average molecular weight is 391 g/mol. The Labute approximate surface area is 158 Å². The fourth-order valence-electron chi connectivity index (χ4n) is 2.61. The molecule has 0 unspecified atom stereocenters. The molecule has 0 atom stereocenters. The first-order chi connectivity index (χ1) is 13.3. The summed E-state index contributed by atoms with van der Waals surface area (Å²) in [6.07, 6.45) is -4.34. The van der Waals surface area contributed by atoms with Gasteiger partial charge in [0.2, 0.25) is 0 Å². The number of carbonyl (C=O) groups excluding carboxylic acids is 1. The molecule has 5 nitrogen and oxygen atoms in total. The number of amides is 1. The number of carbonyl (C=O) groups is 1. The van der Waals surface area contributed by atoms with E-state index in [1.54, 1.807) is 18.2 Å². The highest BCUT2D eigenvalue weighted by Gasteiger charge is 2.32. The number of halogens is 3. The molecular weight excluding hydrogens is 375 g/mol. The first-order valence-corrected chi connectivity index (χ1v) is 8.33. The molecular formula is C20H16F3NO4. The van der Waals surface area contributed by atoms with Crippen molar-refractivity contribution in [3.8, 4) is 22.8 Å². The number of benzene rings is 2. The van der Waals surface area contributed by atoms with Crippen molar-refractivity contribution < 1.29 is 32.2 Å². The highest BCUT2D eigenvalue weighted by Crippen LogP contribution is 2.34. The van der Waals surface area contributed by atoms with E-state index in [2.05, 4.69) is 10.1 Å². The molecule has 1 aromatic heterocycles. The van der Waals surface area contributed by atoms with Gasteiger partial charge in [-0.3, -0.25) is 4.79 Å². The van der Waals surface area contributed by atoms with Crippen LogP contribution in [0.2, 0.25) is 0 Å². The molecule has 1 heterocycles. The van der Waals surface area contributed by atoms with Crippen LogP contribution in [0.3, 0.4) is 0 Å². The second-order valence-corrected chi connectivity index (χ2v) is 5.88. The Balaban J connectivity index is 1.66. The third kappa shape index (κ3) is 5.06. The van der Waals surface area contributed by atoms with Gasteiger partial charge in [-0.2, -0.15) is 0 Å². The lowest BCUT2D eigenvalue weighted by atomic mass is 10.1. The number of phenols is 1. The third-order valence-corrected chi connectivity index (χ3v) is 3.82. The highest BCUT2D eigenvalue weighted by molar-refractivity contribution is 5.92. The summed E-state index contributed by atoms with van der Waals surface area (Å²) in [6.45, 7) is 0.298. The molecule has 0 fully saturated rings. The molecule has 146 valence electrons. The van der Waals surface area contributed by atoms with E-state index in [9.17, 15) is 23.1 Å². The van der Waals surface area contributed by atoms with E-state index in [-0.39, 0.29) is 22.8 Å². The highest BCUT2D eigenvalue weighted by atomic mass is 19.4. The van der Waals surface area contributed by atoms with E-state index in [0.717, 1.165) is 5.56 Å². The van der Waals surface area contributed by atoms with Crippen LogP contribution in [-0.2, 0) is 6.42 Å². The Morgan fingerprint density at radius 3 is 2.61 bits per heavy atom.